The summed E-state index contributed by atoms with van der Waals surface area (Å²) in [5, 5.41) is 7.21. The van der Waals surface area contributed by atoms with Crippen LogP contribution in [0.25, 0.3) is 0 Å². The van der Waals surface area contributed by atoms with E-state index in [0.717, 1.165) is 30.5 Å². The predicted molar refractivity (Wildman–Crippen MR) is 90.6 cm³/mol. The number of carbonyl (C=O) groups excluding carboxylic acids is 1. The van der Waals surface area contributed by atoms with E-state index in [1.54, 1.807) is 17.3 Å². The second-order valence-electron chi connectivity index (χ2n) is 6.23. The van der Waals surface area contributed by atoms with Crippen LogP contribution < -0.4 is 20.0 Å². The van der Waals surface area contributed by atoms with Gasteiger partial charge in [-0.25, -0.2) is 9.78 Å². The van der Waals surface area contributed by atoms with Crippen LogP contribution in [-0.2, 0) is 0 Å². The molecule has 2 aliphatic heterocycles. The first-order valence-corrected chi connectivity index (χ1v) is 7.96. The van der Waals surface area contributed by atoms with Crippen molar-refractivity contribution < 1.29 is 4.79 Å². The summed E-state index contributed by atoms with van der Waals surface area (Å²) < 4.78 is 1.92. The molecule has 0 bridgehead atoms. The average Bonchev–Trinajstić information content (AvgIpc) is 3.15. The first-order chi connectivity index (χ1) is 11.6. The third kappa shape index (κ3) is 2.51. The van der Waals surface area contributed by atoms with E-state index in [9.17, 15) is 4.79 Å². The fraction of sp³-hybridized carbons (Fsp3) is 0.467. The molecule has 0 atom stereocenters. The molecule has 0 saturated carbocycles. The van der Waals surface area contributed by atoms with Gasteiger partial charge in [0.15, 0.2) is 0 Å². The third-order valence-electron chi connectivity index (χ3n) is 4.36. The smallest absolute Gasteiger partial charge is 0.322 e. The maximum atomic E-state index is 11.7. The molecule has 0 aromatic carbocycles. The first-order valence-electron chi connectivity index (χ1n) is 7.96. The standard InChI is InChI=1S/C15H20N8O/c1-20(2)13-3-4-16-14(19-13)21-8-12(9-21)23-10-11(7-18-23)22-6-5-17-15(22)24/h3-4,7,10,12H,5-6,8-9H2,1-2H3,(H,17,24). The van der Waals surface area contributed by atoms with Crippen LogP contribution in [-0.4, -0.2) is 66.1 Å². The fourth-order valence-corrected chi connectivity index (χ4v) is 2.91. The van der Waals surface area contributed by atoms with Crippen molar-refractivity contribution in [2.75, 3.05) is 55.0 Å². The summed E-state index contributed by atoms with van der Waals surface area (Å²) >= 11 is 0. The van der Waals surface area contributed by atoms with Crippen molar-refractivity contribution in [2.45, 2.75) is 6.04 Å². The lowest BCUT2D eigenvalue weighted by atomic mass is 10.1. The monoisotopic (exact) mass is 328 g/mol. The fourth-order valence-electron chi connectivity index (χ4n) is 2.91. The van der Waals surface area contributed by atoms with Gasteiger partial charge in [0.2, 0.25) is 5.95 Å². The highest BCUT2D eigenvalue weighted by Gasteiger charge is 2.32. The molecule has 1 N–H and O–H groups in total. The molecule has 2 aliphatic rings. The van der Waals surface area contributed by atoms with Crippen LogP contribution in [0.4, 0.5) is 22.2 Å². The van der Waals surface area contributed by atoms with Crippen LogP contribution in [0.5, 0.6) is 0 Å². The van der Waals surface area contributed by atoms with E-state index in [0.29, 0.717) is 13.1 Å². The molecule has 9 heteroatoms. The van der Waals surface area contributed by atoms with Crippen molar-refractivity contribution >= 4 is 23.5 Å². The Morgan fingerprint density at radius 1 is 1.33 bits per heavy atom. The molecule has 0 aliphatic carbocycles. The van der Waals surface area contributed by atoms with Crippen molar-refractivity contribution in [3.05, 3.63) is 24.7 Å². The molecule has 126 valence electrons. The van der Waals surface area contributed by atoms with Gasteiger partial charge in [0.25, 0.3) is 0 Å². The van der Waals surface area contributed by atoms with Gasteiger partial charge in [0.05, 0.1) is 17.9 Å². The SMILES string of the molecule is CN(C)c1ccnc(N2CC(n3cc(N4CCNC4=O)cn3)C2)n1. The molecule has 4 rings (SSSR count). The minimum absolute atomic E-state index is 0.0568. The lowest BCUT2D eigenvalue weighted by molar-refractivity contribution is 0.252. The van der Waals surface area contributed by atoms with Gasteiger partial charge in [0.1, 0.15) is 5.82 Å². The largest absolute Gasteiger partial charge is 0.363 e. The maximum absolute atomic E-state index is 11.7. The third-order valence-corrected chi connectivity index (χ3v) is 4.36. The maximum Gasteiger partial charge on any atom is 0.322 e. The van der Waals surface area contributed by atoms with E-state index < -0.39 is 0 Å². The Balaban J connectivity index is 1.42. The van der Waals surface area contributed by atoms with E-state index in [1.165, 1.54) is 0 Å². The van der Waals surface area contributed by atoms with Crippen LogP contribution in [0.3, 0.4) is 0 Å². The van der Waals surface area contributed by atoms with Gasteiger partial charge in [-0.1, -0.05) is 0 Å². The number of carbonyl (C=O) groups is 1. The number of urea groups is 1. The van der Waals surface area contributed by atoms with Gasteiger partial charge in [-0.15, -0.1) is 0 Å². The molecular weight excluding hydrogens is 308 g/mol. The van der Waals surface area contributed by atoms with Crippen LogP contribution in [0.15, 0.2) is 24.7 Å². The van der Waals surface area contributed by atoms with Crippen LogP contribution in [0.1, 0.15) is 6.04 Å². The minimum Gasteiger partial charge on any atom is -0.363 e. The average molecular weight is 328 g/mol. The highest BCUT2D eigenvalue weighted by molar-refractivity contribution is 5.93. The lowest BCUT2D eigenvalue weighted by Gasteiger charge is -2.39. The zero-order chi connectivity index (χ0) is 16.7. The van der Waals surface area contributed by atoms with E-state index in [2.05, 4.69) is 25.3 Å². The summed E-state index contributed by atoms with van der Waals surface area (Å²) in [4.78, 5) is 26.4. The zero-order valence-corrected chi connectivity index (χ0v) is 13.8. The molecule has 9 nitrogen and oxygen atoms in total. The van der Waals surface area contributed by atoms with Gasteiger partial charge < -0.3 is 15.1 Å². The quantitative estimate of drug-likeness (QED) is 0.871. The zero-order valence-electron chi connectivity index (χ0n) is 13.8. The minimum atomic E-state index is -0.0568. The Morgan fingerprint density at radius 2 is 2.17 bits per heavy atom. The van der Waals surface area contributed by atoms with Crippen LogP contribution >= 0.6 is 0 Å². The molecule has 0 unspecified atom stereocenters. The van der Waals surface area contributed by atoms with Crippen molar-refractivity contribution in [1.29, 1.82) is 0 Å². The summed E-state index contributed by atoms with van der Waals surface area (Å²) in [6.07, 6.45) is 5.46. The number of nitrogens with zero attached hydrogens (tertiary/aromatic N) is 7. The number of aromatic nitrogens is 4. The highest BCUT2D eigenvalue weighted by Crippen LogP contribution is 2.27. The molecule has 2 saturated heterocycles. The van der Waals surface area contributed by atoms with Crippen LogP contribution in [0.2, 0.25) is 0 Å². The molecule has 0 radical (unpaired) electrons. The summed E-state index contributed by atoms with van der Waals surface area (Å²) in [6.45, 7) is 2.99. The van der Waals surface area contributed by atoms with E-state index in [1.807, 2.05) is 35.9 Å². The number of rotatable bonds is 4. The van der Waals surface area contributed by atoms with E-state index >= 15 is 0 Å². The predicted octanol–water partition coefficient (Wildman–Crippen LogP) is 0.330. The Morgan fingerprint density at radius 3 is 2.88 bits per heavy atom. The van der Waals surface area contributed by atoms with Crippen LogP contribution in [0, 0.1) is 0 Å². The molecule has 2 fully saturated rings. The number of hydrogen-bond donors (Lipinski definition) is 1. The summed E-state index contributed by atoms with van der Waals surface area (Å²) in [7, 11) is 3.93. The van der Waals surface area contributed by atoms with E-state index in [-0.39, 0.29) is 12.1 Å². The van der Waals surface area contributed by atoms with Crippen molar-refractivity contribution in [3.8, 4) is 0 Å². The van der Waals surface area contributed by atoms with Gasteiger partial charge in [0, 0.05) is 52.7 Å². The van der Waals surface area contributed by atoms with E-state index in [4.69, 9.17) is 0 Å². The van der Waals surface area contributed by atoms with Gasteiger partial charge in [-0.3, -0.25) is 9.58 Å². The Labute approximate surface area is 139 Å². The molecule has 2 aromatic rings. The number of hydrogen-bond acceptors (Lipinski definition) is 6. The second kappa shape index (κ2) is 5.66. The number of anilines is 3. The Hall–Kier alpha value is -2.84. The molecule has 24 heavy (non-hydrogen) atoms. The molecule has 2 amide bonds. The summed E-state index contributed by atoms with van der Waals surface area (Å²) in [6, 6.07) is 2.11. The molecule has 2 aromatic heterocycles. The van der Waals surface area contributed by atoms with Crippen molar-refractivity contribution in [1.82, 2.24) is 25.1 Å². The van der Waals surface area contributed by atoms with Gasteiger partial charge in [-0.05, 0) is 6.07 Å². The normalized spacial score (nSPS) is 17.8. The number of nitrogens with one attached hydrogen (secondary N) is 1. The van der Waals surface area contributed by atoms with Gasteiger partial charge in [-0.2, -0.15) is 10.1 Å². The second-order valence-corrected chi connectivity index (χ2v) is 6.23. The van der Waals surface area contributed by atoms with Crippen molar-refractivity contribution in [3.63, 3.8) is 0 Å². The summed E-state index contributed by atoms with van der Waals surface area (Å²) in [5.74, 6) is 1.63. The molecule has 0 spiro atoms. The molecule has 4 heterocycles. The Kier molecular flexibility index (Phi) is 3.47. The first kappa shape index (κ1) is 14.7. The Bertz CT molecular complexity index is 751. The summed E-state index contributed by atoms with van der Waals surface area (Å²) in [5.41, 5.74) is 0.842. The van der Waals surface area contributed by atoms with Crippen molar-refractivity contribution in [2.24, 2.45) is 0 Å². The highest BCUT2D eigenvalue weighted by atomic mass is 16.2. The molecular formula is C15H20N8O. The van der Waals surface area contributed by atoms with Gasteiger partial charge >= 0.3 is 6.03 Å². The lowest BCUT2D eigenvalue weighted by Crippen LogP contribution is -2.48. The number of amides is 2. The topological polar surface area (TPSA) is 82.4 Å².